The number of carbonyl (C=O) groups is 2. The molecule has 4 nitrogen and oxygen atoms in total. The topological polar surface area (TPSA) is 52.6 Å². The SMILES string of the molecule is CCCCCCOC(=O)CCCCCCCCC(CC(=O)OCCCCCC)C(C)C. The third-order valence-corrected chi connectivity index (χ3v) is 6.10. The molecule has 0 saturated heterocycles. The number of carbonyl (C=O) groups excluding carboxylic acids is 2. The van der Waals surface area contributed by atoms with Crippen LogP contribution in [0.25, 0.3) is 0 Å². The summed E-state index contributed by atoms with van der Waals surface area (Å²) in [7, 11) is 0. The molecule has 0 aromatic heterocycles. The van der Waals surface area contributed by atoms with Gasteiger partial charge in [-0.2, -0.15) is 0 Å². The fourth-order valence-electron chi connectivity index (χ4n) is 3.83. The van der Waals surface area contributed by atoms with Crippen LogP contribution in [0.2, 0.25) is 0 Å². The zero-order valence-corrected chi connectivity index (χ0v) is 21.2. The fourth-order valence-corrected chi connectivity index (χ4v) is 3.83. The van der Waals surface area contributed by atoms with Crippen molar-refractivity contribution in [3.63, 3.8) is 0 Å². The Hall–Kier alpha value is -1.06. The Bertz CT molecular complexity index is 419. The summed E-state index contributed by atoms with van der Waals surface area (Å²) in [6, 6.07) is 0. The molecule has 0 radical (unpaired) electrons. The largest absolute Gasteiger partial charge is 0.466 e. The van der Waals surface area contributed by atoms with Crippen LogP contribution < -0.4 is 0 Å². The molecule has 0 rings (SSSR count). The first-order valence-electron chi connectivity index (χ1n) is 13.3. The van der Waals surface area contributed by atoms with Crippen molar-refractivity contribution in [3.8, 4) is 0 Å². The highest BCUT2D eigenvalue weighted by molar-refractivity contribution is 5.69. The number of ether oxygens (including phenoxy) is 2. The van der Waals surface area contributed by atoms with E-state index in [0.717, 1.165) is 44.9 Å². The van der Waals surface area contributed by atoms with Crippen molar-refractivity contribution in [2.24, 2.45) is 11.8 Å². The Morgan fingerprint density at radius 3 is 1.65 bits per heavy atom. The maximum atomic E-state index is 12.1. The number of esters is 2. The number of rotatable bonds is 22. The molecule has 1 unspecified atom stereocenters. The van der Waals surface area contributed by atoms with Crippen LogP contribution in [0, 0.1) is 11.8 Å². The molecule has 4 heteroatoms. The molecule has 0 spiro atoms. The molecule has 0 aliphatic carbocycles. The minimum Gasteiger partial charge on any atom is -0.466 e. The van der Waals surface area contributed by atoms with Gasteiger partial charge in [-0.3, -0.25) is 9.59 Å². The van der Waals surface area contributed by atoms with Crippen LogP contribution >= 0.6 is 0 Å². The molecule has 31 heavy (non-hydrogen) atoms. The zero-order chi connectivity index (χ0) is 23.2. The lowest BCUT2D eigenvalue weighted by Gasteiger charge is -2.20. The second-order valence-electron chi connectivity index (χ2n) is 9.43. The van der Waals surface area contributed by atoms with Crippen LogP contribution in [-0.4, -0.2) is 25.2 Å². The standard InChI is InChI=1S/C27H52O4/c1-5-7-9-17-21-30-26(28)20-16-14-12-11-13-15-19-25(24(3)4)23-27(29)31-22-18-10-8-6-2/h24-25H,5-23H2,1-4H3. The van der Waals surface area contributed by atoms with Crippen LogP contribution in [0.5, 0.6) is 0 Å². The number of hydrogen-bond acceptors (Lipinski definition) is 4. The second kappa shape index (κ2) is 22.1. The van der Waals surface area contributed by atoms with E-state index in [1.165, 1.54) is 51.4 Å². The first-order valence-corrected chi connectivity index (χ1v) is 13.3. The highest BCUT2D eigenvalue weighted by Crippen LogP contribution is 2.23. The van der Waals surface area contributed by atoms with Gasteiger partial charge in [0.05, 0.1) is 13.2 Å². The first-order chi connectivity index (χ1) is 15.0. The monoisotopic (exact) mass is 440 g/mol. The Morgan fingerprint density at radius 1 is 0.613 bits per heavy atom. The molecule has 0 heterocycles. The summed E-state index contributed by atoms with van der Waals surface area (Å²) in [5.41, 5.74) is 0. The molecule has 0 fully saturated rings. The van der Waals surface area contributed by atoms with Crippen molar-refractivity contribution in [2.45, 2.75) is 137 Å². The van der Waals surface area contributed by atoms with Crippen molar-refractivity contribution in [2.75, 3.05) is 13.2 Å². The van der Waals surface area contributed by atoms with Crippen LogP contribution in [0.3, 0.4) is 0 Å². The smallest absolute Gasteiger partial charge is 0.306 e. The van der Waals surface area contributed by atoms with Gasteiger partial charge >= 0.3 is 11.9 Å². The minimum absolute atomic E-state index is 0.0209. The zero-order valence-electron chi connectivity index (χ0n) is 21.2. The molecule has 0 saturated carbocycles. The van der Waals surface area contributed by atoms with Gasteiger partial charge in [0.25, 0.3) is 0 Å². The average molecular weight is 441 g/mol. The van der Waals surface area contributed by atoms with Gasteiger partial charge in [0.15, 0.2) is 0 Å². The van der Waals surface area contributed by atoms with E-state index in [4.69, 9.17) is 9.47 Å². The quantitative estimate of drug-likeness (QED) is 0.126. The molecule has 1 atom stereocenters. The first kappa shape index (κ1) is 29.9. The van der Waals surface area contributed by atoms with E-state index >= 15 is 0 Å². The maximum Gasteiger partial charge on any atom is 0.306 e. The van der Waals surface area contributed by atoms with Crippen LogP contribution in [0.1, 0.15) is 137 Å². The molecule has 0 bridgehead atoms. The minimum atomic E-state index is -0.0338. The third-order valence-electron chi connectivity index (χ3n) is 6.10. The van der Waals surface area contributed by atoms with Crippen LogP contribution in [-0.2, 0) is 19.1 Å². The van der Waals surface area contributed by atoms with E-state index in [-0.39, 0.29) is 11.9 Å². The van der Waals surface area contributed by atoms with E-state index in [1.54, 1.807) is 0 Å². The lowest BCUT2D eigenvalue weighted by atomic mass is 9.87. The van der Waals surface area contributed by atoms with E-state index in [1.807, 2.05) is 0 Å². The van der Waals surface area contributed by atoms with Gasteiger partial charge in [-0.1, -0.05) is 98.3 Å². The molecular formula is C27H52O4. The van der Waals surface area contributed by atoms with Gasteiger partial charge in [-0.25, -0.2) is 0 Å². The van der Waals surface area contributed by atoms with Crippen molar-refractivity contribution in [1.29, 1.82) is 0 Å². The number of unbranched alkanes of at least 4 members (excludes halogenated alkanes) is 11. The van der Waals surface area contributed by atoms with E-state index < -0.39 is 0 Å². The van der Waals surface area contributed by atoms with Gasteiger partial charge in [0.2, 0.25) is 0 Å². The average Bonchev–Trinajstić information content (AvgIpc) is 2.74. The molecule has 0 aliphatic rings. The molecular weight excluding hydrogens is 388 g/mol. The van der Waals surface area contributed by atoms with Gasteiger partial charge < -0.3 is 9.47 Å². The Labute approximate surface area is 193 Å². The Kier molecular flexibility index (Phi) is 21.4. The summed E-state index contributed by atoms with van der Waals surface area (Å²) in [6.07, 6.45) is 18.2. The van der Waals surface area contributed by atoms with Crippen molar-refractivity contribution < 1.29 is 19.1 Å². The van der Waals surface area contributed by atoms with E-state index in [2.05, 4.69) is 27.7 Å². The van der Waals surface area contributed by atoms with Crippen LogP contribution in [0.4, 0.5) is 0 Å². The van der Waals surface area contributed by atoms with Crippen molar-refractivity contribution in [3.05, 3.63) is 0 Å². The highest BCUT2D eigenvalue weighted by atomic mass is 16.5. The van der Waals surface area contributed by atoms with Gasteiger partial charge in [-0.05, 0) is 37.5 Å². The lowest BCUT2D eigenvalue weighted by Crippen LogP contribution is -2.17. The Morgan fingerprint density at radius 2 is 1.10 bits per heavy atom. The maximum absolute atomic E-state index is 12.1. The second-order valence-corrected chi connectivity index (χ2v) is 9.43. The summed E-state index contributed by atoms with van der Waals surface area (Å²) < 4.78 is 10.7. The number of hydrogen-bond donors (Lipinski definition) is 0. The molecule has 184 valence electrons. The summed E-state index contributed by atoms with van der Waals surface area (Å²) in [5, 5.41) is 0. The predicted molar refractivity (Wildman–Crippen MR) is 130 cm³/mol. The van der Waals surface area contributed by atoms with Crippen LogP contribution in [0.15, 0.2) is 0 Å². The molecule has 0 aliphatic heterocycles. The molecule has 0 N–H and O–H groups in total. The normalized spacial score (nSPS) is 12.2. The third kappa shape index (κ3) is 20.6. The lowest BCUT2D eigenvalue weighted by molar-refractivity contribution is -0.145. The Balaban J connectivity index is 3.65. The van der Waals surface area contributed by atoms with Crippen molar-refractivity contribution >= 4 is 11.9 Å². The fraction of sp³-hybridized carbons (Fsp3) is 0.926. The summed E-state index contributed by atoms with van der Waals surface area (Å²) >= 11 is 0. The summed E-state index contributed by atoms with van der Waals surface area (Å²) in [6.45, 7) is 9.96. The van der Waals surface area contributed by atoms with E-state index in [0.29, 0.717) is 37.9 Å². The molecule has 0 amide bonds. The van der Waals surface area contributed by atoms with Gasteiger partial charge in [-0.15, -0.1) is 0 Å². The molecule has 0 aromatic carbocycles. The predicted octanol–water partition coefficient (Wildman–Crippen LogP) is 8.02. The summed E-state index contributed by atoms with van der Waals surface area (Å²) in [5.74, 6) is 0.886. The highest BCUT2D eigenvalue weighted by Gasteiger charge is 2.18. The van der Waals surface area contributed by atoms with Crippen molar-refractivity contribution in [1.82, 2.24) is 0 Å². The van der Waals surface area contributed by atoms with Gasteiger partial charge in [0.1, 0.15) is 0 Å². The van der Waals surface area contributed by atoms with Gasteiger partial charge in [0, 0.05) is 12.8 Å². The molecule has 0 aromatic rings. The summed E-state index contributed by atoms with van der Waals surface area (Å²) in [4.78, 5) is 23.8. The van der Waals surface area contributed by atoms with E-state index in [9.17, 15) is 9.59 Å².